The maximum Gasteiger partial charge on any atom is 0.325 e. The molecule has 0 atom stereocenters. The molecule has 0 aromatic heterocycles. The highest BCUT2D eigenvalue weighted by molar-refractivity contribution is 6.22. The van der Waals surface area contributed by atoms with Gasteiger partial charge in [0, 0.05) is 32.2 Å². The monoisotopic (exact) mass is 511 g/mol. The number of hydrogen-bond donors (Lipinski definition) is 5. The normalized spacial score (nSPS) is 13.4. The summed E-state index contributed by atoms with van der Waals surface area (Å²) in [6.07, 6.45) is 4.29. The highest BCUT2D eigenvalue weighted by Gasteiger charge is 2.23. The second-order valence-corrected chi connectivity index (χ2v) is 9.08. The van der Waals surface area contributed by atoms with Crippen molar-refractivity contribution < 1.29 is 24.5 Å². The Balaban J connectivity index is 1.49. The zero-order valence-corrected chi connectivity index (χ0v) is 21.3. The van der Waals surface area contributed by atoms with Crippen molar-refractivity contribution >= 4 is 23.5 Å². The summed E-state index contributed by atoms with van der Waals surface area (Å²) in [6.45, 7) is 6.56. The molecule has 0 bridgehead atoms. The van der Waals surface area contributed by atoms with Crippen LogP contribution in [0.4, 0.5) is 10.5 Å². The quantitative estimate of drug-likeness (QED) is 0.168. The summed E-state index contributed by atoms with van der Waals surface area (Å²) in [7, 11) is 0. The summed E-state index contributed by atoms with van der Waals surface area (Å²) in [6, 6.07) is 8.39. The lowest BCUT2D eigenvalue weighted by molar-refractivity contribution is -0.122. The molecule has 0 radical (unpaired) electrons. The number of carbonyl (C=O) groups excluding carboxylic acids is 2. The van der Waals surface area contributed by atoms with Crippen LogP contribution >= 0.6 is 0 Å². The van der Waals surface area contributed by atoms with Gasteiger partial charge in [-0.2, -0.15) is 0 Å². The van der Waals surface area contributed by atoms with E-state index in [2.05, 4.69) is 10.2 Å². The van der Waals surface area contributed by atoms with Gasteiger partial charge in [-0.3, -0.25) is 10.2 Å². The van der Waals surface area contributed by atoms with Crippen molar-refractivity contribution in [1.29, 1.82) is 5.41 Å². The zero-order chi connectivity index (χ0) is 26.8. The van der Waals surface area contributed by atoms with Gasteiger partial charge < -0.3 is 30.9 Å². The van der Waals surface area contributed by atoms with Crippen LogP contribution in [0.2, 0.25) is 0 Å². The second-order valence-electron chi connectivity index (χ2n) is 9.08. The minimum atomic E-state index is -0.892. The number of amides is 3. The number of phenols is 2. The van der Waals surface area contributed by atoms with Crippen LogP contribution in [0.5, 0.6) is 11.5 Å². The summed E-state index contributed by atoms with van der Waals surface area (Å²) < 4.78 is 5.58. The molecule has 10 nitrogen and oxygen atoms in total. The molecule has 1 heterocycles. The molecule has 0 unspecified atom stereocenters. The Kier molecular flexibility index (Phi) is 10.3. The molecule has 1 aliphatic rings. The standard InChI is InChI=1S/C27H37N5O5/c1-2-20-16-22(24(34)17-23(20)33)26(28)32(27(29)36)21-8-6-19(7-9-21)18-30-25(35)10-15-37-14-5-13-31-11-3-4-12-31/h6-9,16-17,28,33-34H,2-5,10-15,18H2,1H3,(H2,29,36)(H,30,35). The third kappa shape index (κ3) is 7.93. The first-order valence-corrected chi connectivity index (χ1v) is 12.7. The minimum Gasteiger partial charge on any atom is -0.508 e. The molecular weight excluding hydrogens is 474 g/mol. The van der Waals surface area contributed by atoms with Gasteiger partial charge >= 0.3 is 6.03 Å². The van der Waals surface area contributed by atoms with Crippen LogP contribution < -0.4 is 16.0 Å². The minimum absolute atomic E-state index is 0.0723. The molecule has 6 N–H and O–H groups in total. The fourth-order valence-corrected chi connectivity index (χ4v) is 4.30. The largest absolute Gasteiger partial charge is 0.508 e. The predicted octanol–water partition coefficient (Wildman–Crippen LogP) is 3.08. The number of aryl methyl sites for hydroxylation is 1. The van der Waals surface area contributed by atoms with E-state index in [9.17, 15) is 19.8 Å². The van der Waals surface area contributed by atoms with Crippen LogP contribution in [0.1, 0.15) is 49.3 Å². The van der Waals surface area contributed by atoms with Gasteiger partial charge in [-0.15, -0.1) is 0 Å². The first-order chi connectivity index (χ1) is 17.8. The van der Waals surface area contributed by atoms with Crippen molar-refractivity contribution in [3.63, 3.8) is 0 Å². The summed E-state index contributed by atoms with van der Waals surface area (Å²) >= 11 is 0. The Bertz CT molecular complexity index is 1080. The number of anilines is 1. The van der Waals surface area contributed by atoms with E-state index in [4.69, 9.17) is 15.9 Å². The molecule has 2 aromatic rings. The average Bonchev–Trinajstić information content (AvgIpc) is 3.39. The number of phenolic OH excluding ortho intramolecular Hbond substituents is 2. The fraction of sp³-hybridized carbons (Fsp3) is 0.444. The summed E-state index contributed by atoms with van der Waals surface area (Å²) in [4.78, 5) is 27.7. The topological polar surface area (TPSA) is 152 Å². The van der Waals surface area contributed by atoms with Crippen LogP contribution in [-0.4, -0.2) is 65.7 Å². The molecule has 10 heteroatoms. The van der Waals surface area contributed by atoms with E-state index in [1.54, 1.807) is 24.3 Å². The highest BCUT2D eigenvalue weighted by atomic mass is 16.5. The lowest BCUT2D eigenvalue weighted by Gasteiger charge is -2.22. The van der Waals surface area contributed by atoms with E-state index in [0.717, 1.165) is 29.5 Å². The smallest absolute Gasteiger partial charge is 0.325 e. The number of primary amides is 1. The molecule has 1 saturated heterocycles. The lowest BCUT2D eigenvalue weighted by atomic mass is 10.0. The molecule has 3 amide bonds. The summed E-state index contributed by atoms with van der Waals surface area (Å²) in [5, 5.41) is 31.5. The summed E-state index contributed by atoms with van der Waals surface area (Å²) in [5.74, 6) is -0.849. The highest BCUT2D eigenvalue weighted by Crippen LogP contribution is 2.30. The molecule has 0 spiro atoms. The van der Waals surface area contributed by atoms with Crippen molar-refractivity contribution in [2.75, 3.05) is 37.7 Å². The maximum absolute atomic E-state index is 12.2. The van der Waals surface area contributed by atoms with E-state index in [1.165, 1.54) is 32.0 Å². The maximum atomic E-state index is 12.2. The molecule has 3 rings (SSSR count). The van der Waals surface area contributed by atoms with Crippen LogP contribution in [0.15, 0.2) is 36.4 Å². The number of likely N-dealkylation sites (tertiary alicyclic amines) is 1. The molecule has 2 aromatic carbocycles. The Morgan fingerprint density at radius 2 is 1.81 bits per heavy atom. The van der Waals surface area contributed by atoms with Crippen LogP contribution in [0.3, 0.4) is 0 Å². The van der Waals surface area contributed by atoms with Gasteiger partial charge in [-0.25, -0.2) is 9.69 Å². The number of ether oxygens (including phenoxy) is 1. The SMILES string of the molecule is CCc1cc(C(=N)N(C(N)=O)c2ccc(CNC(=O)CCOCCCN3CCCC3)cc2)c(O)cc1O. The van der Waals surface area contributed by atoms with Crippen molar-refractivity contribution in [3.05, 3.63) is 53.1 Å². The first kappa shape index (κ1) is 27.9. The Labute approximate surface area is 217 Å². The van der Waals surface area contributed by atoms with E-state index >= 15 is 0 Å². The molecule has 0 aliphatic carbocycles. The fourth-order valence-electron chi connectivity index (χ4n) is 4.30. The second kappa shape index (κ2) is 13.6. The number of hydrogen-bond acceptors (Lipinski definition) is 7. The van der Waals surface area contributed by atoms with Crippen molar-refractivity contribution in [3.8, 4) is 11.5 Å². The van der Waals surface area contributed by atoms with E-state index in [-0.39, 0.29) is 35.2 Å². The van der Waals surface area contributed by atoms with Gasteiger partial charge in [-0.1, -0.05) is 19.1 Å². The van der Waals surface area contributed by atoms with Crippen LogP contribution in [-0.2, 0) is 22.5 Å². The van der Waals surface area contributed by atoms with E-state index in [0.29, 0.717) is 37.4 Å². The number of urea groups is 1. The van der Waals surface area contributed by atoms with Crippen molar-refractivity contribution in [1.82, 2.24) is 10.2 Å². The average molecular weight is 512 g/mol. The number of amidine groups is 1. The number of benzene rings is 2. The molecule has 1 fully saturated rings. The number of rotatable bonds is 12. The van der Waals surface area contributed by atoms with Gasteiger partial charge in [0.15, 0.2) is 0 Å². The van der Waals surface area contributed by atoms with Gasteiger partial charge in [0.05, 0.1) is 17.9 Å². The predicted molar refractivity (Wildman–Crippen MR) is 142 cm³/mol. The van der Waals surface area contributed by atoms with Gasteiger partial charge in [-0.05, 0) is 68.1 Å². The van der Waals surface area contributed by atoms with Crippen LogP contribution in [0.25, 0.3) is 0 Å². The Morgan fingerprint density at radius 1 is 1.11 bits per heavy atom. The van der Waals surface area contributed by atoms with E-state index < -0.39 is 6.03 Å². The third-order valence-corrected chi connectivity index (χ3v) is 6.40. The Hall–Kier alpha value is -3.63. The first-order valence-electron chi connectivity index (χ1n) is 12.7. The zero-order valence-electron chi connectivity index (χ0n) is 21.3. The van der Waals surface area contributed by atoms with Gasteiger partial charge in [0.25, 0.3) is 0 Å². The third-order valence-electron chi connectivity index (χ3n) is 6.40. The van der Waals surface area contributed by atoms with Crippen molar-refractivity contribution in [2.24, 2.45) is 5.73 Å². The molecular formula is C27H37N5O5. The lowest BCUT2D eigenvalue weighted by Crippen LogP contribution is -2.41. The molecule has 1 aliphatic heterocycles. The number of carbonyl (C=O) groups is 2. The van der Waals surface area contributed by atoms with Gasteiger partial charge in [0.2, 0.25) is 5.91 Å². The molecule has 200 valence electrons. The Morgan fingerprint density at radius 3 is 2.46 bits per heavy atom. The van der Waals surface area contributed by atoms with Crippen molar-refractivity contribution in [2.45, 2.75) is 45.6 Å². The number of aromatic hydroxyl groups is 2. The number of nitrogens with one attached hydrogen (secondary N) is 2. The van der Waals surface area contributed by atoms with Crippen LogP contribution in [0, 0.1) is 5.41 Å². The van der Waals surface area contributed by atoms with Gasteiger partial charge in [0.1, 0.15) is 17.3 Å². The number of nitrogens with zero attached hydrogens (tertiary/aromatic N) is 2. The summed E-state index contributed by atoms with van der Waals surface area (Å²) in [5.41, 5.74) is 7.29. The molecule has 0 saturated carbocycles. The van der Waals surface area contributed by atoms with E-state index in [1.807, 2.05) is 6.92 Å². The molecule has 37 heavy (non-hydrogen) atoms. The number of nitrogens with two attached hydrogens (primary N) is 1.